The average Bonchev–Trinajstić information content (AvgIpc) is 2.35. The molecule has 0 heterocycles. The molecule has 3 heteroatoms. The standard InChI is InChI=1S/C9H17NO2/c1-7(11)6-9(8(10)12)4-2-3-5-9/h7,11H,2-6H2,1H3,(H2,10,12). The molecule has 1 unspecified atom stereocenters. The number of rotatable bonds is 3. The van der Waals surface area contributed by atoms with Gasteiger partial charge in [0.1, 0.15) is 0 Å². The highest BCUT2D eigenvalue weighted by Gasteiger charge is 2.40. The fourth-order valence-corrected chi connectivity index (χ4v) is 2.17. The van der Waals surface area contributed by atoms with Crippen LogP contribution in [0.3, 0.4) is 0 Å². The van der Waals surface area contributed by atoms with Gasteiger partial charge in [-0.05, 0) is 26.2 Å². The molecule has 0 saturated heterocycles. The lowest BCUT2D eigenvalue weighted by molar-refractivity contribution is -0.129. The Morgan fingerprint density at radius 1 is 1.58 bits per heavy atom. The molecule has 1 atom stereocenters. The van der Waals surface area contributed by atoms with E-state index in [1.165, 1.54) is 0 Å². The summed E-state index contributed by atoms with van der Waals surface area (Å²) < 4.78 is 0. The first-order chi connectivity index (χ1) is 5.57. The Morgan fingerprint density at radius 2 is 2.08 bits per heavy atom. The summed E-state index contributed by atoms with van der Waals surface area (Å²) in [5.74, 6) is -0.235. The van der Waals surface area contributed by atoms with Crippen LogP contribution in [0.1, 0.15) is 39.0 Å². The molecular formula is C9H17NO2. The van der Waals surface area contributed by atoms with Crippen LogP contribution in [0, 0.1) is 5.41 Å². The van der Waals surface area contributed by atoms with E-state index in [0.717, 1.165) is 25.7 Å². The van der Waals surface area contributed by atoms with Crippen LogP contribution >= 0.6 is 0 Å². The molecule has 0 aromatic carbocycles. The van der Waals surface area contributed by atoms with Crippen LogP contribution in [0.15, 0.2) is 0 Å². The number of carbonyl (C=O) groups excluding carboxylic acids is 1. The lowest BCUT2D eigenvalue weighted by atomic mass is 9.80. The Balaban J connectivity index is 2.65. The minimum absolute atomic E-state index is 0.235. The molecule has 0 bridgehead atoms. The molecule has 3 N–H and O–H groups in total. The van der Waals surface area contributed by atoms with Gasteiger partial charge in [-0.3, -0.25) is 4.79 Å². The van der Waals surface area contributed by atoms with Crippen LogP contribution in [-0.4, -0.2) is 17.1 Å². The number of nitrogens with two attached hydrogens (primary N) is 1. The molecule has 1 fully saturated rings. The smallest absolute Gasteiger partial charge is 0.223 e. The maximum Gasteiger partial charge on any atom is 0.223 e. The molecule has 1 rings (SSSR count). The zero-order chi connectivity index (χ0) is 9.19. The van der Waals surface area contributed by atoms with Gasteiger partial charge in [-0.1, -0.05) is 12.8 Å². The molecule has 70 valence electrons. The molecule has 0 spiro atoms. The average molecular weight is 171 g/mol. The number of aliphatic hydroxyl groups is 1. The second-order valence-electron chi connectivity index (χ2n) is 3.90. The lowest BCUT2D eigenvalue weighted by Gasteiger charge is -2.26. The van der Waals surface area contributed by atoms with E-state index in [1.54, 1.807) is 6.92 Å². The van der Waals surface area contributed by atoms with Crippen molar-refractivity contribution in [3.05, 3.63) is 0 Å². The van der Waals surface area contributed by atoms with Crippen molar-refractivity contribution < 1.29 is 9.90 Å². The minimum atomic E-state index is -0.421. The third kappa shape index (κ3) is 1.78. The van der Waals surface area contributed by atoms with Crippen LogP contribution in [0.2, 0.25) is 0 Å². The first-order valence-electron chi connectivity index (χ1n) is 4.55. The van der Waals surface area contributed by atoms with Gasteiger partial charge in [-0.2, -0.15) is 0 Å². The van der Waals surface area contributed by atoms with Crippen LogP contribution in [0.25, 0.3) is 0 Å². The van der Waals surface area contributed by atoms with Gasteiger partial charge in [-0.25, -0.2) is 0 Å². The third-order valence-corrected chi connectivity index (χ3v) is 2.77. The highest BCUT2D eigenvalue weighted by atomic mass is 16.3. The Labute approximate surface area is 72.9 Å². The molecule has 0 aromatic heterocycles. The number of primary amides is 1. The quantitative estimate of drug-likeness (QED) is 0.659. The highest BCUT2D eigenvalue weighted by molar-refractivity contribution is 5.81. The minimum Gasteiger partial charge on any atom is -0.393 e. The zero-order valence-electron chi connectivity index (χ0n) is 7.55. The van der Waals surface area contributed by atoms with Gasteiger partial charge in [0.05, 0.1) is 11.5 Å². The summed E-state index contributed by atoms with van der Waals surface area (Å²) in [6.07, 6.45) is 3.95. The number of amides is 1. The highest BCUT2D eigenvalue weighted by Crippen LogP contribution is 2.41. The van der Waals surface area contributed by atoms with E-state index < -0.39 is 11.5 Å². The normalized spacial score (nSPS) is 23.8. The third-order valence-electron chi connectivity index (χ3n) is 2.77. The fraction of sp³-hybridized carbons (Fsp3) is 0.889. The van der Waals surface area contributed by atoms with Crippen molar-refractivity contribution in [2.75, 3.05) is 0 Å². The molecule has 1 saturated carbocycles. The van der Waals surface area contributed by atoms with E-state index in [0.29, 0.717) is 6.42 Å². The first-order valence-corrected chi connectivity index (χ1v) is 4.55. The van der Waals surface area contributed by atoms with Gasteiger partial charge in [0.15, 0.2) is 0 Å². The van der Waals surface area contributed by atoms with Crippen molar-refractivity contribution in [1.29, 1.82) is 0 Å². The Bertz CT molecular complexity index is 171. The molecule has 0 radical (unpaired) electrons. The van der Waals surface area contributed by atoms with Crippen LogP contribution in [-0.2, 0) is 4.79 Å². The van der Waals surface area contributed by atoms with E-state index in [1.807, 2.05) is 0 Å². The van der Waals surface area contributed by atoms with E-state index in [9.17, 15) is 9.90 Å². The first kappa shape index (κ1) is 9.52. The summed E-state index contributed by atoms with van der Waals surface area (Å²) in [7, 11) is 0. The number of hydrogen-bond acceptors (Lipinski definition) is 2. The predicted octanol–water partition coefficient (Wildman–Crippen LogP) is 0.803. The van der Waals surface area contributed by atoms with E-state index in [-0.39, 0.29) is 5.91 Å². The number of carbonyl (C=O) groups is 1. The Morgan fingerprint density at radius 3 is 2.42 bits per heavy atom. The predicted molar refractivity (Wildman–Crippen MR) is 46.4 cm³/mol. The zero-order valence-corrected chi connectivity index (χ0v) is 7.55. The van der Waals surface area contributed by atoms with Crippen LogP contribution in [0.4, 0.5) is 0 Å². The van der Waals surface area contributed by atoms with Crippen molar-refractivity contribution >= 4 is 5.91 Å². The second kappa shape index (κ2) is 3.44. The van der Waals surface area contributed by atoms with Crippen molar-refractivity contribution in [3.8, 4) is 0 Å². The van der Waals surface area contributed by atoms with Gasteiger partial charge in [-0.15, -0.1) is 0 Å². The monoisotopic (exact) mass is 171 g/mol. The summed E-state index contributed by atoms with van der Waals surface area (Å²) in [5, 5.41) is 9.22. The molecule has 3 nitrogen and oxygen atoms in total. The largest absolute Gasteiger partial charge is 0.393 e. The molecule has 1 amide bonds. The van der Waals surface area contributed by atoms with Gasteiger partial charge in [0, 0.05) is 0 Å². The molecule has 1 aliphatic rings. The number of aliphatic hydroxyl groups excluding tert-OH is 1. The van der Waals surface area contributed by atoms with Crippen LogP contribution in [0.5, 0.6) is 0 Å². The lowest BCUT2D eigenvalue weighted by Crippen LogP contribution is -2.37. The van der Waals surface area contributed by atoms with Gasteiger partial charge >= 0.3 is 0 Å². The van der Waals surface area contributed by atoms with Crippen molar-refractivity contribution in [2.24, 2.45) is 11.1 Å². The van der Waals surface area contributed by atoms with Crippen molar-refractivity contribution in [3.63, 3.8) is 0 Å². The fourth-order valence-electron chi connectivity index (χ4n) is 2.17. The van der Waals surface area contributed by atoms with Gasteiger partial charge in [0.25, 0.3) is 0 Å². The summed E-state index contributed by atoms with van der Waals surface area (Å²) in [4.78, 5) is 11.2. The molecular weight excluding hydrogens is 154 g/mol. The van der Waals surface area contributed by atoms with E-state index in [2.05, 4.69) is 0 Å². The maximum absolute atomic E-state index is 11.2. The molecule has 1 aliphatic carbocycles. The number of hydrogen-bond donors (Lipinski definition) is 2. The van der Waals surface area contributed by atoms with E-state index in [4.69, 9.17) is 5.73 Å². The summed E-state index contributed by atoms with van der Waals surface area (Å²) >= 11 is 0. The van der Waals surface area contributed by atoms with Gasteiger partial charge in [0.2, 0.25) is 5.91 Å². The Hall–Kier alpha value is -0.570. The molecule has 0 aliphatic heterocycles. The van der Waals surface area contributed by atoms with Crippen molar-refractivity contribution in [2.45, 2.75) is 45.1 Å². The van der Waals surface area contributed by atoms with Crippen molar-refractivity contribution in [1.82, 2.24) is 0 Å². The topological polar surface area (TPSA) is 63.3 Å². The molecule has 12 heavy (non-hydrogen) atoms. The summed E-state index contributed by atoms with van der Waals surface area (Å²) in [5.41, 5.74) is 4.94. The summed E-state index contributed by atoms with van der Waals surface area (Å²) in [6, 6.07) is 0. The van der Waals surface area contributed by atoms with E-state index >= 15 is 0 Å². The Kier molecular flexibility index (Phi) is 2.73. The van der Waals surface area contributed by atoms with Gasteiger partial charge < -0.3 is 10.8 Å². The maximum atomic E-state index is 11.2. The SMILES string of the molecule is CC(O)CC1(C(N)=O)CCCC1. The second-order valence-corrected chi connectivity index (χ2v) is 3.90. The van der Waals surface area contributed by atoms with Crippen LogP contribution < -0.4 is 5.73 Å². The molecule has 0 aromatic rings. The summed E-state index contributed by atoms with van der Waals surface area (Å²) in [6.45, 7) is 1.71.